The molecular weight excluding hydrogens is 644 g/mol. The maximum atomic E-state index is 13.7. The van der Waals surface area contributed by atoms with Crippen molar-refractivity contribution in [2.75, 3.05) is 38.2 Å². The summed E-state index contributed by atoms with van der Waals surface area (Å²) in [5.74, 6) is 0.364. The topological polar surface area (TPSA) is 168 Å². The van der Waals surface area contributed by atoms with E-state index >= 15 is 0 Å². The van der Waals surface area contributed by atoms with Crippen molar-refractivity contribution in [1.82, 2.24) is 30.8 Å². The number of carbonyl (C=O) groups is 3. The number of aromatic nitrogens is 4. The van der Waals surface area contributed by atoms with E-state index in [0.29, 0.717) is 62.3 Å². The fourth-order valence-electron chi connectivity index (χ4n) is 6.41. The molecule has 3 amide bonds. The minimum absolute atomic E-state index is 0. The fourth-order valence-corrected chi connectivity index (χ4v) is 6.41. The lowest BCUT2D eigenvalue weighted by Gasteiger charge is -2.28. The molecule has 5 N–H and O–H groups in total. The summed E-state index contributed by atoms with van der Waals surface area (Å²) in [4.78, 5) is 42.2. The first-order valence-electron chi connectivity index (χ1n) is 16.6. The molecule has 258 valence electrons. The summed E-state index contributed by atoms with van der Waals surface area (Å²) in [6.45, 7) is 4.86. The molecule has 12 nitrogen and oxygen atoms in total. The molecule has 2 aliphatic rings. The molecule has 0 radical (unpaired) electrons. The molecule has 1 aromatic heterocycles. The number of ether oxygens (including phenoxy) is 1. The number of hydrogen-bond donors (Lipinski definition) is 4. The number of halogens is 1. The van der Waals surface area contributed by atoms with Gasteiger partial charge in [0.25, 0.3) is 5.91 Å². The number of aryl methyl sites for hydroxylation is 1. The number of carbonyl (C=O) groups excluding carboxylic acids is 3. The molecule has 49 heavy (non-hydrogen) atoms. The third-order valence-corrected chi connectivity index (χ3v) is 9.43. The standard InChI is InChI=1S/C36H42N8O4.ClH/c1-23-2-7-29(21-31(23)36(47)44-16-18-48-19-17-44)26-8-3-24(4-9-26)20-32(39-34(45)28-10-5-25(22-37)6-11-28)35(46)38-30-14-12-27(13-15-30)33-40-42-43-41-33;/h2-4,7-9,12-15,21,25,28,32H,5-6,10-11,16-20,22,37H2,1H3,(H,38,46)(H,39,45)(H,40,41,42,43);1H/t25-,28-,32-;/m0./s1. The Bertz CT molecular complexity index is 1700. The molecule has 1 atom stereocenters. The van der Waals surface area contributed by atoms with Crippen LogP contribution in [0.5, 0.6) is 0 Å². The zero-order valence-electron chi connectivity index (χ0n) is 27.6. The van der Waals surface area contributed by atoms with Crippen LogP contribution >= 0.6 is 12.4 Å². The van der Waals surface area contributed by atoms with Crippen LogP contribution in [0.15, 0.2) is 66.7 Å². The van der Waals surface area contributed by atoms with Crippen molar-refractivity contribution in [3.8, 4) is 22.5 Å². The molecule has 0 spiro atoms. The van der Waals surface area contributed by atoms with Crippen molar-refractivity contribution in [2.45, 2.75) is 45.1 Å². The van der Waals surface area contributed by atoms with Crippen LogP contribution in [-0.4, -0.2) is 82.1 Å². The van der Waals surface area contributed by atoms with Crippen LogP contribution in [0.2, 0.25) is 0 Å². The van der Waals surface area contributed by atoms with E-state index in [1.54, 1.807) is 24.3 Å². The predicted octanol–water partition coefficient (Wildman–Crippen LogP) is 4.17. The number of anilines is 1. The van der Waals surface area contributed by atoms with Gasteiger partial charge in [0.1, 0.15) is 6.04 Å². The highest BCUT2D eigenvalue weighted by molar-refractivity contribution is 5.98. The molecule has 2 heterocycles. The maximum Gasteiger partial charge on any atom is 0.254 e. The number of aromatic amines is 1. The van der Waals surface area contributed by atoms with E-state index < -0.39 is 6.04 Å². The zero-order valence-corrected chi connectivity index (χ0v) is 28.4. The highest BCUT2D eigenvalue weighted by atomic mass is 35.5. The van der Waals surface area contributed by atoms with Crippen LogP contribution in [0, 0.1) is 18.8 Å². The number of nitrogens with zero attached hydrogens (tertiary/aromatic N) is 4. The minimum Gasteiger partial charge on any atom is -0.378 e. The normalized spacial score (nSPS) is 18.2. The Kier molecular flexibility index (Phi) is 12.1. The Balaban J connectivity index is 0.00000468. The molecular formula is C36H43ClN8O4. The number of nitrogens with two attached hydrogens (primary N) is 1. The van der Waals surface area contributed by atoms with E-state index in [4.69, 9.17) is 10.5 Å². The Morgan fingerprint density at radius 2 is 1.61 bits per heavy atom. The van der Waals surface area contributed by atoms with Gasteiger partial charge in [0.05, 0.1) is 13.2 Å². The van der Waals surface area contributed by atoms with E-state index in [2.05, 4.69) is 31.3 Å². The molecule has 6 rings (SSSR count). The highest BCUT2D eigenvalue weighted by Gasteiger charge is 2.29. The van der Waals surface area contributed by atoms with Crippen LogP contribution in [0.1, 0.15) is 47.2 Å². The number of H-pyrrole nitrogens is 1. The van der Waals surface area contributed by atoms with Gasteiger partial charge in [0.15, 0.2) is 0 Å². The molecule has 1 saturated carbocycles. The Morgan fingerprint density at radius 1 is 0.939 bits per heavy atom. The number of hydrogen-bond acceptors (Lipinski definition) is 8. The average Bonchev–Trinajstić information content (AvgIpc) is 3.68. The lowest BCUT2D eigenvalue weighted by atomic mass is 9.81. The summed E-state index contributed by atoms with van der Waals surface area (Å²) in [5, 5.41) is 20.0. The van der Waals surface area contributed by atoms with E-state index in [1.807, 2.05) is 54.3 Å². The van der Waals surface area contributed by atoms with Gasteiger partial charge < -0.3 is 26.0 Å². The first-order chi connectivity index (χ1) is 23.4. The van der Waals surface area contributed by atoms with Crippen LogP contribution < -0.4 is 16.4 Å². The molecule has 13 heteroatoms. The van der Waals surface area contributed by atoms with Gasteiger partial charge in [-0.1, -0.05) is 36.4 Å². The summed E-state index contributed by atoms with van der Waals surface area (Å²) in [5.41, 5.74) is 11.6. The second-order valence-corrected chi connectivity index (χ2v) is 12.7. The van der Waals surface area contributed by atoms with Gasteiger partial charge in [0.2, 0.25) is 17.6 Å². The molecule has 1 saturated heterocycles. The van der Waals surface area contributed by atoms with Gasteiger partial charge in [-0.15, -0.1) is 22.6 Å². The average molecular weight is 687 g/mol. The molecule has 0 unspecified atom stereocenters. The van der Waals surface area contributed by atoms with Gasteiger partial charge in [-0.25, -0.2) is 0 Å². The molecule has 0 bridgehead atoms. The third kappa shape index (κ3) is 8.88. The van der Waals surface area contributed by atoms with Gasteiger partial charge in [-0.3, -0.25) is 14.4 Å². The van der Waals surface area contributed by atoms with Crippen LogP contribution in [0.25, 0.3) is 22.5 Å². The van der Waals surface area contributed by atoms with Crippen molar-refractivity contribution in [2.24, 2.45) is 17.6 Å². The van der Waals surface area contributed by atoms with Crippen molar-refractivity contribution in [3.63, 3.8) is 0 Å². The van der Waals surface area contributed by atoms with Crippen LogP contribution in [-0.2, 0) is 20.7 Å². The van der Waals surface area contributed by atoms with Gasteiger partial charge in [-0.05, 0) is 103 Å². The monoisotopic (exact) mass is 686 g/mol. The van der Waals surface area contributed by atoms with E-state index in [1.165, 1.54) is 0 Å². The molecule has 2 fully saturated rings. The quantitative estimate of drug-likeness (QED) is 0.193. The minimum atomic E-state index is -0.787. The van der Waals surface area contributed by atoms with Crippen molar-refractivity contribution in [3.05, 3.63) is 83.4 Å². The molecule has 3 aromatic carbocycles. The summed E-state index contributed by atoms with van der Waals surface area (Å²) in [6, 6.07) is 20.2. The Hall–Kier alpha value is -4.65. The second kappa shape index (κ2) is 16.6. The summed E-state index contributed by atoms with van der Waals surface area (Å²) in [7, 11) is 0. The Labute approximate surface area is 292 Å². The lowest BCUT2D eigenvalue weighted by Crippen LogP contribution is -2.48. The van der Waals surface area contributed by atoms with Crippen molar-refractivity contribution in [1.29, 1.82) is 0 Å². The number of nitrogens with one attached hydrogen (secondary N) is 3. The second-order valence-electron chi connectivity index (χ2n) is 12.7. The Morgan fingerprint density at radius 3 is 2.27 bits per heavy atom. The molecule has 1 aliphatic carbocycles. The van der Waals surface area contributed by atoms with E-state index in [9.17, 15) is 14.4 Å². The van der Waals surface area contributed by atoms with E-state index in [0.717, 1.165) is 53.5 Å². The largest absolute Gasteiger partial charge is 0.378 e. The van der Waals surface area contributed by atoms with Crippen molar-refractivity contribution >= 4 is 35.8 Å². The summed E-state index contributed by atoms with van der Waals surface area (Å²) in [6.07, 6.45) is 3.67. The number of tetrazole rings is 1. The maximum absolute atomic E-state index is 13.7. The van der Waals surface area contributed by atoms with Crippen LogP contribution in [0.3, 0.4) is 0 Å². The molecule has 1 aliphatic heterocycles. The van der Waals surface area contributed by atoms with Gasteiger partial charge in [0, 0.05) is 42.2 Å². The van der Waals surface area contributed by atoms with E-state index in [-0.39, 0.29) is 36.0 Å². The lowest BCUT2D eigenvalue weighted by molar-refractivity contribution is -0.130. The van der Waals surface area contributed by atoms with Crippen LogP contribution in [0.4, 0.5) is 5.69 Å². The summed E-state index contributed by atoms with van der Waals surface area (Å²) >= 11 is 0. The predicted molar refractivity (Wildman–Crippen MR) is 189 cm³/mol. The molecule has 4 aromatic rings. The fraction of sp³-hybridized carbons (Fsp3) is 0.389. The SMILES string of the molecule is Cc1ccc(-c2ccc(C[C@H](NC(=O)[C@H]3CC[C@H](CN)CC3)C(=O)Nc3ccc(-c4nn[nH]n4)cc3)cc2)cc1C(=O)N1CCOCC1.Cl. The number of rotatable bonds is 10. The first kappa shape index (κ1) is 35.7. The van der Waals surface area contributed by atoms with Gasteiger partial charge >= 0.3 is 0 Å². The van der Waals surface area contributed by atoms with Crippen molar-refractivity contribution < 1.29 is 19.1 Å². The number of benzene rings is 3. The van der Waals surface area contributed by atoms with Gasteiger partial charge in [-0.2, -0.15) is 5.21 Å². The third-order valence-electron chi connectivity index (χ3n) is 9.43. The number of amides is 3. The summed E-state index contributed by atoms with van der Waals surface area (Å²) < 4.78 is 5.42. The number of morpholine rings is 1. The highest BCUT2D eigenvalue weighted by Crippen LogP contribution is 2.29. The zero-order chi connectivity index (χ0) is 33.5. The smallest absolute Gasteiger partial charge is 0.254 e. The first-order valence-corrected chi connectivity index (χ1v) is 16.6.